The number of aromatic amines is 1. The highest BCUT2D eigenvalue weighted by Crippen LogP contribution is 2.27. The van der Waals surface area contributed by atoms with Crippen molar-refractivity contribution in [3.05, 3.63) is 41.6 Å². The largest absolute Gasteiger partial charge is 0.471 e. The molecule has 0 bridgehead atoms. The Balaban J connectivity index is 1.67. The lowest BCUT2D eigenvalue weighted by molar-refractivity contribution is 0.0694. The maximum atomic E-state index is 14.0. The molecule has 0 spiro atoms. The topological polar surface area (TPSA) is 62.8 Å². The van der Waals surface area contributed by atoms with Crippen molar-refractivity contribution in [2.75, 3.05) is 13.1 Å². The van der Waals surface area contributed by atoms with Crippen LogP contribution in [-0.4, -0.2) is 40.5 Å². The second kappa shape index (κ2) is 6.44. The van der Waals surface area contributed by atoms with Gasteiger partial charge in [-0.1, -0.05) is 6.07 Å². The van der Waals surface area contributed by atoms with E-state index in [2.05, 4.69) is 26.6 Å². The summed E-state index contributed by atoms with van der Waals surface area (Å²) < 4.78 is 19.9. The molecule has 3 aromatic rings. The van der Waals surface area contributed by atoms with E-state index in [0.717, 1.165) is 40.0 Å². The van der Waals surface area contributed by atoms with Crippen LogP contribution in [-0.2, 0) is 0 Å². The predicted molar refractivity (Wildman–Crippen MR) is 95.6 cm³/mol. The van der Waals surface area contributed by atoms with Crippen LogP contribution in [0.1, 0.15) is 17.7 Å². The van der Waals surface area contributed by atoms with Crippen LogP contribution in [0.4, 0.5) is 4.39 Å². The first-order valence-electron chi connectivity index (χ1n) is 8.55. The molecule has 0 saturated carbocycles. The average Bonchev–Trinajstić information content (AvgIpc) is 2.97. The third-order valence-electron chi connectivity index (χ3n) is 4.62. The molecule has 2 N–H and O–H groups in total. The Morgan fingerprint density at radius 3 is 2.92 bits per heavy atom. The van der Waals surface area contributed by atoms with Crippen LogP contribution >= 0.6 is 0 Å². The summed E-state index contributed by atoms with van der Waals surface area (Å²) >= 11 is 0. The van der Waals surface area contributed by atoms with Gasteiger partial charge >= 0.3 is 0 Å². The van der Waals surface area contributed by atoms with Gasteiger partial charge in [-0.05, 0) is 50.6 Å². The average molecular weight is 340 g/mol. The molecule has 1 aromatic carbocycles. The molecule has 5 nitrogen and oxygen atoms in total. The molecule has 130 valence electrons. The summed E-state index contributed by atoms with van der Waals surface area (Å²) in [6, 6.07) is 9.95. The van der Waals surface area contributed by atoms with Gasteiger partial charge in [-0.2, -0.15) is 5.10 Å². The number of pyridine rings is 1. The third kappa shape index (κ3) is 3.22. The van der Waals surface area contributed by atoms with Gasteiger partial charge in [0.2, 0.25) is 5.88 Å². The lowest BCUT2D eigenvalue weighted by atomic mass is 10.1. The number of fused-ring (bicyclic) bond motifs is 1. The van der Waals surface area contributed by atoms with Gasteiger partial charge in [0.15, 0.2) is 0 Å². The maximum Gasteiger partial charge on any atom is 0.214 e. The molecule has 1 fully saturated rings. The normalized spacial score (nSPS) is 20.8. The number of hydrogen-bond donors (Lipinski definition) is 2. The van der Waals surface area contributed by atoms with Crippen molar-refractivity contribution in [1.82, 2.24) is 20.5 Å². The van der Waals surface area contributed by atoms with E-state index >= 15 is 0 Å². The van der Waals surface area contributed by atoms with Crippen LogP contribution in [0.25, 0.3) is 22.2 Å². The summed E-state index contributed by atoms with van der Waals surface area (Å²) in [6.45, 7) is 5.06. The number of aryl methyl sites for hydroxylation is 2. The molecular formula is C19H21FN4O. The number of alkyl halides is 1. The fourth-order valence-electron chi connectivity index (χ4n) is 3.23. The molecule has 0 amide bonds. The highest BCUT2D eigenvalue weighted by molar-refractivity contribution is 5.85. The molecule has 25 heavy (non-hydrogen) atoms. The van der Waals surface area contributed by atoms with Crippen molar-refractivity contribution in [1.29, 1.82) is 0 Å². The molecule has 0 radical (unpaired) electrons. The van der Waals surface area contributed by atoms with E-state index in [1.165, 1.54) is 0 Å². The maximum absolute atomic E-state index is 14.0. The number of piperidine rings is 1. The van der Waals surface area contributed by atoms with Gasteiger partial charge in [0.1, 0.15) is 12.3 Å². The summed E-state index contributed by atoms with van der Waals surface area (Å²) in [7, 11) is 0. The molecule has 3 heterocycles. The molecule has 0 unspecified atom stereocenters. The number of halogens is 1. The van der Waals surface area contributed by atoms with E-state index in [1.807, 2.05) is 38.1 Å². The van der Waals surface area contributed by atoms with Crippen LogP contribution in [0.3, 0.4) is 0 Å². The molecule has 2 atom stereocenters. The predicted octanol–water partition coefficient (Wildman–Crippen LogP) is 3.32. The molecule has 4 rings (SSSR count). The lowest BCUT2D eigenvalue weighted by Gasteiger charge is -2.27. The zero-order valence-corrected chi connectivity index (χ0v) is 14.3. The number of nitrogens with zero attached hydrogens (tertiary/aromatic N) is 2. The van der Waals surface area contributed by atoms with Crippen molar-refractivity contribution >= 4 is 10.9 Å². The monoisotopic (exact) mass is 340 g/mol. The smallest absolute Gasteiger partial charge is 0.214 e. The van der Waals surface area contributed by atoms with E-state index in [0.29, 0.717) is 18.8 Å². The molecule has 1 saturated heterocycles. The Kier molecular flexibility index (Phi) is 4.13. The van der Waals surface area contributed by atoms with Crippen molar-refractivity contribution < 1.29 is 9.13 Å². The van der Waals surface area contributed by atoms with Crippen LogP contribution in [0.2, 0.25) is 0 Å². The molecule has 2 aromatic heterocycles. The molecule has 1 aliphatic heterocycles. The number of hydrogen-bond acceptors (Lipinski definition) is 4. The Bertz CT molecular complexity index is 908. The zero-order valence-electron chi connectivity index (χ0n) is 14.3. The fraction of sp³-hybridized carbons (Fsp3) is 0.368. The second-order valence-electron chi connectivity index (χ2n) is 6.60. The molecular weight excluding hydrogens is 319 g/mol. The van der Waals surface area contributed by atoms with E-state index in [4.69, 9.17) is 4.74 Å². The van der Waals surface area contributed by atoms with E-state index < -0.39 is 12.3 Å². The summed E-state index contributed by atoms with van der Waals surface area (Å²) in [4.78, 5) is 4.61. The van der Waals surface area contributed by atoms with E-state index in [9.17, 15) is 4.39 Å². The van der Waals surface area contributed by atoms with E-state index in [1.54, 1.807) is 0 Å². The number of aromatic nitrogens is 3. The van der Waals surface area contributed by atoms with Crippen LogP contribution in [0.15, 0.2) is 30.3 Å². The minimum absolute atomic E-state index is 0.333. The number of ether oxygens (including phenoxy) is 1. The first-order chi connectivity index (χ1) is 12.1. The number of nitrogens with one attached hydrogen (secondary N) is 2. The van der Waals surface area contributed by atoms with Crippen LogP contribution < -0.4 is 10.1 Å². The Hall–Kier alpha value is -2.47. The van der Waals surface area contributed by atoms with Gasteiger partial charge in [-0.3, -0.25) is 5.10 Å². The van der Waals surface area contributed by atoms with Crippen molar-refractivity contribution in [2.24, 2.45) is 0 Å². The van der Waals surface area contributed by atoms with Gasteiger partial charge < -0.3 is 10.1 Å². The van der Waals surface area contributed by atoms with Gasteiger partial charge in [-0.15, -0.1) is 0 Å². The minimum Gasteiger partial charge on any atom is -0.471 e. The Morgan fingerprint density at radius 1 is 1.20 bits per heavy atom. The minimum atomic E-state index is -1.01. The van der Waals surface area contributed by atoms with Gasteiger partial charge in [0.05, 0.1) is 16.9 Å². The standard InChI is InChI=1S/C19H21FN4O/c1-11-7-17(13-3-4-16-14(9-13)12(2)23-24-16)22-19(8-11)25-18-5-6-21-10-15(18)20/h3-4,7-9,15,18,21H,5-6,10H2,1-2H3,(H,23,24)/t15-,18+/m1/s1. The van der Waals surface area contributed by atoms with Gasteiger partial charge in [0, 0.05) is 23.6 Å². The Morgan fingerprint density at radius 2 is 2.08 bits per heavy atom. The van der Waals surface area contributed by atoms with Crippen molar-refractivity contribution in [2.45, 2.75) is 32.5 Å². The number of benzene rings is 1. The summed E-state index contributed by atoms with van der Waals surface area (Å²) in [5, 5.41) is 11.3. The second-order valence-corrected chi connectivity index (χ2v) is 6.60. The van der Waals surface area contributed by atoms with Gasteiger partial charge in [-0.25, -0.2) is 9.37 Å². The van der Waals surface area contributed by atoms with E-state index in [-0.39, 0.29) is 0 Å². The van der Waals surface area contributed by atoms with Crippen molar-refractivity contribution in [3.8, 4) is 17.1 Å². The first-order valence-corrected chi connectivity index (χ1v) is 8.55. The highest BCUT2D eigenvalue weighted by Gasteiger charge is 2.26. The molecule has 6 heteroatoms. The number of rotatable bonds is 3. The lowest BCUT2D eigenvalue weighted by Crippen LogP contribution is -2.44. The summed E-state index contributed by atoms with van der Waals surface area (Å²) in [6.07, 6.45) is -0.807. The quantitative estimate of drug-likeness (QED) is 0.768. The fourth-order valence-corrected chi connectivity index (χ4v) is 3.23. The molecule has 0 aliphatic carbocycles. The van der Waals surface area contributed by atoms with Crippen LogP contribution in [0, 0.1) is 13.8 Å². The molecule has 1 aliphatic rings. The SMILES string of the molecule is Cc1cc(O[C@H]2CCNC[C@H]2F)nc(-c2ccc3[nH]nc(C)c3c2)c1. The summed E-state index contributed by atoms with van der Waals surface area (Å²) in [5.41, 5.74) is 4.80. The Labute approximate surface area is 145 Å². The van der Waals surface area contributed by atoms with Crippen molar-refractivity contribution in [3.63, 3.8) is 0 Å². The zero-order chi connectivity index (χ0) is 17.4. The van der Waals surface area contributed by atoms with Crippen LogP contribution in [0.5, 0.6) is 5.88 Å². The van der Waals surface area contributed by atoms with Gasteiger partial charge in [0.25, 0.3) is 0 Å². The first kappa shape index (κ1) is 16.0. The summed E-state index contributed by atoms with van der Waals surface area (Å²) in [5.74, 6) is 0.480. The third-order valence-corrected chi connectivity index (χ3v) is 4.62. The highest BCUT2D eigenvalue weighted by atomic mass is 19.1. The number of H-pyrrole nitrogens is 1.